The Morgan fingerprint density at radius 1 is 1.17 bits per heavy atom. The average molecular weight is 284 g/mol. The number of benzene rings is 1. The lowest BCUT2D eigenvalue weighted by Crippen LogP contribution is -2.42. The Labute approximate surface area is 110 Å². The number of hydrogen-bond acceptors (Lipinski definition) is 5. The molecule has 96 valence electrons. The molecule has 0 aliphatic carbocycles. The summed E-state index contributed by atoms with van der Waals surface area (Å²) in [5, 5.41) is 0. The number of sulfone groups is 1. The number of esters is 1. The Morgan fingerprint density at radius 3 is 2.56 bits per heavy atom. The number of hydrogen-bond donors (Lipinski definition) is 0. The van der Waals surface area contributed by atoms with Crippen molar-refractivity contribution in [2.75, 3.05) is 11.5 Å². The van der Waals surface area contributed by atoms with Crippen LogP contribution in [0.1, 0.15) is 23.2 Å². The molecule has 0 aromatic heterocycles. The van der Waals surface area contributed by atoms with Crippen LogP contribution in [0, 0.1) is 0 Å². The molecule has 1 aromatic rings. The minimum absolute atomic E-state index is 0.0927. The van der Waals surface area contributed by atoms with Crippen LogP contribution in [0.4, 0.5) is 0 Å². The molecule has 1 fully saturated rings. The van der Waals surface area contributed by atoms with Crippen LogP contribution in [0.3, 0.4) is 0 Å². The van der Waals surface area contributed by atoms with Crippen LogP contribution in [0.15, 0.2) is 29.2 Å². The zero-order valence-corrected chi connectivity index (χ0v) is 11.2. The fourth-order valence-electron chi connectivity index (χ4n) is 2.22. The van der Waals surface area contributed by atoms with E-state index in [9.17, 15) is 13.2 Å². The first-order valence-corrected chi connectivity index (χ1v) is 8.35. The maximum absolute atomic E-state index is 11.9. The molecule has 0 bridgehead atoms. The highest BCUT2D eigenvalue weighted by molar-refractivity contribution is 8.01. The monoisotopic (exact) mass is 284 g/mol. The van der Waals surface area contributed by atoms with Gasteiger partial charge in [0, 0.05) is 17.7 Å². The van der Waals surface area contributed by atoms with Crippen molar-refractivity contribution in [2.45, 2.75) is 22.7 Å². The Kier molecular flexibility index (Phi) is 2.67. The first-order valence-electron chi connectivity index (χ1n) is 5.72. The zero-order chi connectivity index (χ0) is 12.8. The van der Waals surface area contributed by atoms with Crippen LogP contribution < -0.4 is 0 Å². The van der Waals surface area contributed by atoms with E-state index in [2.05, 4.69) is 0 Å². The van der Waals surface area contributed by atoms with E-state index < -0.39 is 14.8 Å². The van der Waals surface area contributed by atoms with E-state index in [0.29, 0.717) is 18.4 Å². The fourth-order valence-corrected chi connectivity index (χ4v) is 5.30. The third kappa shape index (κ3) is 2.03. The number of fused-ring (bicyclic) bond motifs is 1. The summed E-state index contributed by atoms with van der Waals surface area (Å²) in [4.78, 5) is 12.1. The third-order valence-electron chi connectivity index (χ3n) is 3.27. The minimum Gasteiger partial charge on any atom is -0.444 e. The van der Waals surface area contributed by atoms with E-state index in [1.165, 1.54) is 11.8 Å². The second kappa shape index (κ2) is 3.99. The molecular formula is C12H12O4S2. The van der Waals surface area contributed by atoms with Crippen molar-refractivity contribution >= 4 is 27.6 Å². The van der Waals surface area contributed by atoms with E-state index in [1.807, 2.05) is 12.1 Å². The smallest absolute Gasteiger partial charge is 0.340 e. The molecule has 4 nitrogen and oxygen atoms in total. The molecule has 1 aromatic carbocycles. The summed E-state index contributed by atoms with van der Waals surface area (Å²) in [5.74, 6) is -0.158. The van der Waals surface area contributed by atoms with Crippen molar-refractivity contribution in [3.63, 3.8) is 0 Å². The quantitative estimate of drug-likeness (QED) is 0.680. The van der Waals surface area contributed by atoms with E-state index in [4.69, 9.17) is 4.74 Å². The van der Waals surface area contributed by atoms with Crippen LogP contribution in [-0.2, 0) is 14.6 Å². The van der Waals surface area contributed by atoms with E-state index >= 15 is 0 Å². The number of ether oxygens (including phenoxy) is 1. The van der Waals surface area contributed by atoms with Gasteiger partial charge in [-0.05, 0) is 12.1 Å². The predicted octanol–water partition coefficient (Wildman–Crippen LogP) is 1.85. The Hall–Kier alpha value is -1.01. The van der Waals surface area contributed by atoms with Gasteiger partial charge in [0.15, 0.2) is 14.8 Å². The molecular weight excluding hydrogens is 272 g/mol. The second-order valence-electron chi connectivity index (χ2n) is 4.55. The van der Waals surface area contributed by atoms with Crippen molar-refractivity contribution < 1.29 is 17.9 Å². The van der Waals surface area contributed by atoms with Gasteiger partial charge in [-0.25, -0.2) is 13.2 Å². The van der Waals surface area contributed by atoms with Gasteiger partial charge >= 0.3 is 5.97 Å². The van der Waals surface area contributed by atoms with Crippen molar-refractivity contribution in [2.24, 2.45) is 0 Å². The summed E-state index contributed by atoms with van der Waals surface area (Å²) in [6.07, 6.45) is 0.750. The molecule has 18 heavy (non-hydrogen) atoms. The molecule has 1 saturated heterocycles. The lowest BCUT2D eigenvalue weighted by Gasteiger charge is -2.38. The first kappa shape index (κ1) is 12.0. The van der Waals surface area contributed by atoms with Gasteiger partial charge in [0.25, 0.3) is 0 Å². The highest BCUT2D eigenvalue weighted by Crippen LogP contribution is 2.47. The molecule has 6 heteroatoms. The molecule has 0 unspecified atom stereocenters. The maximum atomic E-state index is 11.9. The van der Waals surface area contributed by atoms with Crippen LogP contribution >= 0.6 is 11.8 Å². The molecule has 0 N–H and O–H groups in total. The standard InChI is InChI=1S/C12H12O4S2/c13-11-9-3-1-2-4-10(9)17-12(16-11)5-7-18(14,15)8-6-12/h1-4H,5-8H2. The summed E-state index contributed by atoms with van der Waals surface area (Å²) < 4.78 is 28.4. The van der Waals surface area contributed by atoms with Gasteiger partial charge in [0.05, 0.1) is 17.1 Å². The molecule has 1 spiro atoms. The SMILES string of the molecule is O=C1OC2(CCS(=O)(=O)CC2)Sc2ccccc21. The van der Waals surface area contributed by atoms with Gasteiger partial charge in [0.2, 0.25) is 0 Å². The largest absolute Gasteiger partial charge is 0.444 e. The molecule has 0 saturated carbocycles. The first-order chi connectivity index (χ1) is 8.50. The van der Waals surface area contributed by atoms with E-state index in [1.54, 1.807) is 12.1 Å². The number of rotatable bonds is 0. The van der Waals surface area contributed by atoms with Crippen molar-refractivity contribution in [3.8, 4) is 0 Å². The minimum atomic E-state index is -2.96. The molecule has 0 amide bonds. The lowest BCUT2D eigenvalue weighted by atomic mass is 10.1. The summed E-state index contributed by atoms with van der Waals surface area (Å²) in [7, 11) is -2.96. The third-order valence-corrected chi connectivity index (χ3v) is 6.36. The van der Waals surface area contributed by atoms with Crippen LogP contribution in [-0.4, -0.2) is 30.8 Å². The van der Waals surface area contributed by atoms with Gasteiger partial charge in [0.1, 0.15) is 0 Å². The Bertz CT molecular complexity index is 592. The average Bonchev–Trinajstić information content (AvgIpc) is 2.34. The molecule has 2 aliphatic rings. The molecule has 3 rings (SSSR count). The lowest BCUT2D eigenvalue weighted by molar-refractivity contribution is 0.0144. The van der Waals surface area contributed by atoms with Gasteiger partial charge in [-0.15, -0.1) is 0 Å². The van der Waals surface area contributed by atoms with Gasteiger partial charge in [-0.1, -0.05) is 23.9 Å². The van der Waals surface area contributed by atoms with Gasteiger partial charge < -0.3 is 4.74 Å². The number of thioether (sulfide) groups is 1. The fraction of sp³-hybridized carbons (Fsp3) is 0.417. The van der Waals surface area contributed by atoms with Crippen molar-refractivity contribution in [1.29, 1.82) is 0 Å². The van der Waals surface area contributed by atoms with Crippen molar-refractivity contribution in [1.82, 2.24) is 0 Å². The van der Waals surface area contributed by atoms with Crippen LogP contribution in [0.25, 0.3) is 0 Å². The molecule has 0 atom stereocenters. The van der Waals surface area contributed by atoms with E-state index in [-0.39, 0.29) is 17.5 Å². The van der Waals surface area contributed by atoms with Gasteiger partial charge in [-0.2, -0.15) is 0 Å². The number of carbonyl (C=O) groups excluding carboxylic acids is 1. The van der Waals surface area contributed by atoms with Crippen LogP contribution in [0.5, 0.6) is 0 Å². The summed E-state index contributed by atoms with van der Waals surface area (Å²) in [5.41, 5.74) is 0.571. The Balaban J connectivity index is 1.93. The van der Waals surface area contributed by atoms with E-state index in [0.717, 1.165) is 4.90 Å². The number of carbonyl (C=O) groups is 1. The molecule has 2 heterocycles. The zero-order valence-electron chi connectivity index (χ0n) is 9.59. The topological polar surface area (TPSA) is 60.4 Å². The van der Waals surface area contributed by atoms with Crippen molar-refractivity contribution in [3.05, 3.63) is 29.8 Å². The maximum Gasteiger partial charge on any atom is 0.340 e. The van der Waals surface area contributed by atoms with Crippen LogP contribution in [0.2, 0.25) is 0 Å². The Morgan fingerprint density at radius 2 is 1.83 bits per heavy atom. The highest BCUT2D eigenvalue weighted by Gasteiger charge is 2.45. The second-order valence-corrected chi connectivity index (χ2v) is 8.24. The predicted molar refractivity (Wildman–Crippen MR) is 68.3 cm³/mol. The molecule has 0 radical (unpaired) electrons. The summed E-state index contributed by atoms with van der Waals surface area (Å²) in [6, 6.07) is 7.28. The van der Waals surface area contributed by atoms with Gasteiger partial charge in [-0.3, -0.25) is 0 Å². The summed E-state index contributed by atoms with van der Waals surface area (Å²) >= 11 is 1.48. The normalized spacial score (nSPS) is 24.3. The molecule has 2 aliphatic heterocycles. The summed E-state index contributed by atoms with van der Waals surface area (Å²) in [6.45, 7) is 0. The highest BCUT2D eigenvalue weighted by atomic mass is 32.2.